The van der Waals surface area contributed by atoms with Gasteiger partial charge in [0.25, 0.3) is 0 Å². The molecule has 0 radical (unpaired) electrons. The number of methoxy groups -OCH3 is 3. The van der Waals surface area contributed by atoms with E-state index in [4.69, 9.17) is 14.2 Å². The number of hydrogen-bond acceptors (Lipinski definition) is 4. The van der Waals surface area contributed by atoms with Crippen LogP contribution in [0.5, 0.6) is 17.2 Å². The third-order valence-corrected chi connectivity index (χ3v) is 5.27. The lowest BCUT2D eigenvalue weighted by Gasteiger charge is -2.41. The zero-order valence-corrected chi connectivity index (χ0v) is 18.8. The van der Waals surface area contributed by atoms with Crippen LogP contribution in [0.1, 0.15) is 38.2 Å². The summed E-state index contributed by atoms with van der Waals surface area (Å²) in [6, 6.07) is 3.71. The van der Waals surface area contributed by atoms with Crippen molar-refractivity contribution in [3.8, 4) is 17.2 Å². The van der Waals surface area contributed by atoms with E-state index in [1.165, 1.54) is 25.7 Å². The number of benzene rings is 1. The molecule has 1 aliphatic rings. The lowest BCUT2D eigenvalue weighted by Crippen LogP contribution is -2.46. The normalized spacial score (nSPS) is 15.3. The van der Waals surface area contributed by atoms with Crippen LogP contribution in [-0.2, 0) is 6.54 Å². The third kappa shape index (κ3) is 5.31. The van der Waals surface area contributed by atoms with Crippen LogP contribution in [0.4, 0.5) is 0 Å². The molecular weight excluding hydrogens is 445 g/mol. The van der Waals surface area contributed by atoms with Gasteiger partial charge in [-0.25, -0.2) is 0 Å². The van der Waals surface area contributed by atoms with E-state index < -0.39 is 0 Å². The zero-order chi connectivity index (χ0) is 18.3. The van der Waals surface area contributed by atoms with Crippen molar-refractivity contribution >= 4 is 29.9 Å². The Labute approximate surface area is 174 Å². The topological polar surface area (TPSA) is 64.1 Å². The minimum absolute atomic E-state index is 0. The molecule has 1 fully saturated rings. The highest BCUT2D eigenvalue weighted by molar-refractivity contribution is 14.0. The van der Waals surface area contributed by atoms with Gasteiger partial charge in [0.15, 0.2) is 5.96 Å². The molecule has 26 heavy (non-hydrogen) atoms. The summed E-state index contributed by atoms with van der Waals surface area (Å²) in [4.78, 5) is 4.33. The highest BCUT2D eigenvalue weighted by atomic mass is 127. The molecule has 1 aromatic carbocycles. The molecule has 0 spiro atoms. The van der Waals surface area contributed by atoms with Crippen molar-refractivity contribution < 1.29 is 14.2 Å². The second-order valence-electron chi connectivity index (χ2n) is 6.50. The number of nitrogens with zero attached hydrogens (tertiary/aromatic N) is 1. The average molecular weight is 477 g/mol. The summed E-state index contributed by atoms with van der Waals surface area (Å²) >= 11 is 0. The Balaban J connectivity index is 0.00000338. The zero-order valence-electron chi connectivity index (χ0n) is 16.5. The summed E-state index contributed by atoms with van der Waals surface area (Å²) in [5, 5.41) is 6.82. The molecule has 6 nitrogen and oxygen atoms in total. The summed E-state index contributed by atoms with van der Waals surface area (Å²) in [6.45, 7) is 3.78. The Morgan fingerprint density at radius 2 is 1.69 bits per heavy atom. The molecule has 0 heterocycles. The van der Waals surface area contributed by atoms with Gasteiger partial charge in [-0.2, -0.15) is 0 Å². The van der Waals surface area contributed by atoms with Crippen molar-refractivity contribution in [2.45, 2.75) is 39.2 Å². The number of ether oxygens (including phenoxy) is 3. The molecule has 1 aromatic rings. The SMILES string of the molecule is CCC1(CNC(=NC)NCc2c(OC)cc(OC)cc2OC)CCC1.I. The monoisotopic (exact) mass is 477 g/mol. The molecule has 2 rings (SSSR count). The Morgan fingerprint density at radius 1 is 1.08 bits per heavy atom. The molecule has 148 valence electrons. The quantitative estimate of drug-likeness (QED) is 0.341. The lowest BCUT2D eigenvalue weighted by molar-refractivity contribution is 0.131. The fourth-order valence-corrected chi connectivity index (χ4v) is 3.25. The van der Waals surface area contributed by atoms with E-state index in [-0.39, 0.29) is 24.0 Å². The van der Waals surface area contributed by atoms with Crippen LogP contribution in [0.15, 0.2) is 17.1 Å². The van der Waals surface area contributed by atoms with Gasteiger partial charge in [0.05, 0.1) is 33.4 Å². The van der Waals surface area contributed by atoms with Crippen molar-refractivity contribution in [1.82, 2.24) is 10.6 Å². The van der Waals surface area contributed by atoms with Gasteiger partial charge in [0, 0.05) is 25.7 Å². The summed E-state index contributed by atoms with van der Waals surface area (Å²) < 4.78 is 16.3. The average Bonchev–Trinajstić information content (AvgIpc) is 2.62. The standard InChI is InChI=1S/C19H31N3O3.HI/c1-6-19(8-7-9-19)13-22-18(20-2)21-12-15-16(24-4)10-14(23-3)11-17(15)25-5;/h10-11H,6-9,12-13H2,1-5H3,(H2,20,21,22);1H. The summed E-state index contributed by atoms with van der Waals surface area (Å²) in [5.74, 6) is 2.95. The molecule has 1 saturated carbocycles. The molecule has 2 N–H and O–H groups in total. The predicted octanol–water partition coefficient (Wildman–Crippen LogP) is 3.58. The summed E-state index contributed by atoms with van der Waals surface area (Å²) in [5.41, 5.74) is 1.37. The van der Waals surface area contributed by atoms with Gasteiger partial charge in [-0.3, -0.25) is 4.99 Å². The van der Waals surface area contributed by atoms with Crippen LogP contribution in [0, 0.1) is 5.41 Å². The fraction of sp³-hybridized carbons (Fsp3) is 0.632. The van der Waals surface area contributed by atoms with Gasteiger partial charge in [0.1, 0.15) is 17.2 Å². The molecule has 0 unspecified atom stereocenters. The molecule has 0 bridgehead atoms. The maximum atomic E-state index is 5.49. The Morgan fingerprint density at radius 3 is 2.08 bits per heavy atom. The minimum atomic E-state index is 0. The Kier molecular flexibility index (Phi) is 9.32. The summed E-state index contributed by atoms with van der Waals surface area (Å²) in [6.07, 6.45) is 5.14. The third-order valence-electron chi connectivity index (χ3n) is 5.27. The van der Waals surface area contributed by atoms with Crippen LogP contribution >= 0.6 is 24.0 Å². The van der Waals surface area contributed by atoms with Crippen LogP contribution in [0.2, 0.25) is 0 Å². The number of aliphatic imine (C=N–C) groups is 1. The van der Waals surface area contributed by atoms with E-state index in [1.54, 1.807) is 28.4 Å². The Hall–Kier alpha value is -1.38. The first kappa shape index (κ1) is 22.7. The first-order valence-electron chi connectivity index (χ1n) is 8.84. The van der Waals surface area contributed by atoms with E-state index in [2.05, 4.69) is 22.5 Å². The first-order chi connectivity index (χ1) is 12.1. The van der Waals surface area contributed by atoms with Gasteiger partial charge in [-0.15, -0.1) is 24.0 Å². The maximum Gasteiger partial charge on any atom is 0.191 e. The van der Waals surface area contributed by atoms with E-state index in [0.717, 1.165) is 29.6 Å². The van der Waals surface area contributed by atoms with Gasteiger partial charge < -0.3 is 24.8 Å². The maximum absolute atomic E-state index is 5.49. The molecular formula is C19H32IN3O3. The molecule has 0 aliphatic heterocycles. The molecule has 7 heteroatoms. The molecule has 0 amide bonds. The van der Waals surface area contributed by atoms with Crippen LogP contribution in [-0.4, -0.2) is 40.9 Å². The van der Waals surface area contributed by atoms with Crippen molar-refractivity contribution in [1.29, 1.82) is 0 Å². The van der Waals surface area contributed by atoms with Crippen molar-refractivity contribution in [3.05, 3.63) is 17.7 Å². The lowest BCUT2D eigenvalue weighted by atomic mass is 9.67. The number of hydrogen-bond donors (Lipinski definition) is 2. The second kappa shape index (κ2) is 10.7. The van der Waals surface area contributed by atoms with E-state index in [9.17, 15) is 0 Å². The van der Waals surface area contributed by atoms with E-state index >= 15 is 0 Å². The van der Waals surface area contributed by atoms with Gasteiger partial charge in [-0.05, 0) is 24.7 Å². The smallest absolute Gasteiger partial charge is 0.191 e. The minimum Gasteiger partial charge on any atom is -0.496 e. The highest BCUT2D eigenvalue weighted by Crippen LogP contribution is 2.43. The van der Waals surface area contributed by atoms with Gasteiger partial charge >= 0.3 is 0 Å². The number of rotatable bonds is 8. The highest BCUT2D eigenvalue weighted by Gasteiger charge is 2.34. The number of guanidine groups is 1. The van der Waals surface area contributed by atoms with E-state index in [1.807, 2.05) is 12.1 Å². The van der Waals surface area contributed by atoms with Crippen LogP contribution in [0.25, 0.3) is 0 Å². The molecule has 0 aromatic heterocycles. The Bertz CT molecular complexity index is 573. The number of nitrogens with one attached hydrogen (secondary N) is 2. The van der Waals surface area contributed by atoms with Gasteiger partial charge in [-0.1, -0.05) is 13.3 Å². The fourth-order valence-electron chi connectivity index (χ4n) is 3.25. The van der Waals surface area contributed by atoms with Crippen molar-refractivity contribution in [2.24, 2.45) is 10.4 Å². The second-order valence-corrected chi connectivity index (χ2v) is 6.50. The van der Waals surface area contributed by atoms with Crippen LogP contribution in [0.3, 0.4) is 0 Å². The largest absolute Gasteiger partial charge is 0.496 e. The van der Waals surface area contributed by atoms with Gasteiger partial charge in [0.2, 0.25) is 0 Å². The van der Waals surface area contributed by atoms with E-state index in [0.29, 0.717) is 17.7 Å². The summed E-state index contributed by atoms with van der Waals surface area (Å²) in [7, 11) is 6.71. The number of halogens is 1. The molecule has 1 aliphatic carbocycles. The van der Waals surface area contributed by atoms with Crippen LogP contribution < -0.4 is 24.8 Å². The van der Waals surface area contributed by atoms with Crippen molar-refractivity contribution in [2.75, 3.05) is 34.9 Å². The molecule has 0 saturated heterocycles. The van der Waals surface area contributed by atoms with Crippen molar-refractivity contribution in [3.63, 3.8) is 0 Å². The predicted molar refractivity (Wildman–Crippen MR) is 116 cm³/mol. The first-order valence-corrected chi connectivity index (χ1v) is 8.84. The molecule has 0 atom stereocenters.